The Labute approximate surface area is 189 Å². The Balaban J connectivity index is 1.64. The van der Waals surface area contributed by atoms with Crippen molar-refractivity contribution in [1.82, 2.24) is 10.0 Å². The molecule has 0 saturated carbocycles. The molecule has 8 nitrogen and oxygen atoms in total. The number of sulfonamides is 1. The number of benzene rings is 2. The second kappa shape index (κ2) is 10.7. The van der Waals surface area contributed by atoms with Gasteiger partial charge in [0.05, 0.1) is 25.2 Å². The molecule has 2 aromatic carbocycles. The molecule has 1 aliphatic heterocycles. The number of carbonyl (C=O) groups excluding carboxylic acids is 1. The quantitative estimate of drug-likeness (QED) is 0.594. The summed E-state index contributed by atoms with van der Waals surface area (Å²) < 4.78 is 44.8. The molecule has 2 aromatic rings. The van der Waals surface area contributed by atoms with E-state index in [4.69, 9.17) is 14.2 Å². The van der Waals surface area contributed by atoms with Crippen LogP contribution < -0.4 is 24.2 Å². The van der Waals surface area contributed by atoms with Crippen LogP contribution in [-0.2, 0) is 21.2 Å². The number of hydrogen-bond acceptors (Lipinski definition) is 6. The first-order valence-corrected chi connectivity index (χ1v) is 12.1. The fourth-order valence-corrected chi connectivity index (χ4v) is 4.63. The number of methoxy groups -OCH3 is 1. The van der Waals surface area contributed by atoms with Gasteiger partial charge in [0.2, 0.25) is 15.9 Å². The van der Waals surface area contributed by atoms with Crippen LogP contribution in [0.3, 0.4) is 0 Å². The van der Waals surface area contributed by atoms with E-state index in [-0.39, 0.29) is 16.7 Å². The molecule has 0 spiro atoms. The van der Waals surface area contributed by atoms with Gasteiger partial charge >= 0.3 is 0 Å². The molecule has 0 saturated heterocycles. The van der Waals surface area contributed by atoms with E-state index in [2.05, 4.69) is 10.0 Å². The fourth-order valence-electron chi connectivity index (χ4n) is 3.27. The molecule has 32 heavy (non-hydrogen) atoms. The van der Waals surface area contributed by atoms with Gasteiger partial charge in [0.25, 0.3) is 0 Å². The van der Waals surface area contributed by atoms with Crippen molar-refractivity contribution in [3.8, 4) is 17.2 Å². The molecular weight excluding hydrogens is 432 g/mol. The van der Waals surface area contributed by atoms with Gasteiger partial charge in [-0.3, -0.25) is 4.79 Å². The number of nitrogens with one attached hydrogen (secondary N) is 2. The molecule has 1 heterocycles. The molecule has 9 heteroatoms. The molecular formula is C23H30N2O6S. The maximum atomic E-state index is 13.0. The lowest BCUT2D eigenvalue weighted by Crippen LogP contribution is -2.49. The second-order valence-corrected chi connectivity index (χ2v) is 9.61. The molecule has 0 bridgehead atoms. The van der Waals surface area contributed by atoms with Crippen molar-refractivity contribution in [1.29, 1.82) is 0 Å². The molecule has 1 atom stereocenters. The van der Waals surface area contributed by atoms with Crippen LogP contribution in [0.1, 0.15) is 25.8 Å². The number of carbonyl (C=O) groups is 1. The molecule has 1 unspecified atom stereocenters. The molecule has 0 fully saturated rings. The molecule has 0 aliphatic carbocycles. The van der Waals surface area contributed by atoms with Crippen LogP contribution in [0.15, 0.2) is 47.4 Å². The molecule has 2 N–H and O–H groups in total. The maximum absolute atomic E-state index is 13.0. The average Bonchev–Trinajstić information content (AvgIpc) is 3.02. The van der Waals surface area contributed by atoms with E-state index in [0.717, 1.165) is 17.7 Å². The average molecular weight is 463 g/mol. The molecule has 0 radical (unpaired) electrons. The van der Waals surface area contributed by atoms with Crippen LogP contribution >= 0.6 is 0 Å². The summed E-state index contributed by atoms with van der Waals surface area (Å²) in [6, 6.07) is 11.1. The minimum Gasteiger partial charge on any atom is -0.497 e. The summed E-state index contributed by atoms with van der Waals surface area (Å²) in [6.07, 6.45) is 1.34. The van der Waals surface area contributed by atoms with Crippen molar-refractivity contribution in [2.45, 2.75) is 37.6 Å². The second-order valence-electron chi connectivity index (χ2n) is 7.89. The van der Waals surface area contributed by atoms with Gasteiger partial charge < -0.3 is 19.5 Å². The SMILES string of the molecule is COc1ccc(CCNC(=O)C(NS(=O)(=O)c2ccc3c(c2)OCCCO3)C(C)C)cc1. The first-order chi connectivity index (χ1) is 15.3. The Morgan fingerprint density at radius 2 is 1.75 bits per heavy atom. The Kier molecular flexibility index (Phi) is 7.98. The van der Waals surface area contributed by atoms with Crippen LogP contribution in [0.4, 0.5) is 0 Å². The van der Waals surface area contributed by atoms with Crippen LogP contribution in [0.25, 0.3) is 0 Å². The van der Waals surface area contributed by atoms with Crippen molar-refractivity contribution >= 4 is 15.9 Å². The maximum Gasteiger partial charge on any atom is 0.241 e. The van der Waals surface area contributed by atoms with E-state index in [1.807, 2.05) is 24.3 Å². The summed E-state index contributed by atoms with van der Waals surface area (Å²) in [5.41, 5.74) is 1.04. The molecule has 174 valence electrons. The van der Waals surface area contributed by atoms with Gasteiger partial charge in [-0.05, 0) is 42.2 Å². The largest absolute Gasteiger partial charge is 0.497 e. The monoisotopic (exact) mass is 462 g/mol. The third-order valence-corrected chi connectivity index (χ3v) is 6.57. The van der Waals surface area contributed by atoms with Crippen LogP contribution in [0, 0.1) is 5.92 Å². The van der Waals surface area contributed by atoms with E-state index in [9.17, 15) is 13.2 Å². The predicted octanol–water partition coefficient (Wildman–Crippen LogP) is 2.52. The molecule has 1 amide bonds. The Morgan fingerprint density at radius 1 is 1.06 bits per heavy atom. The number of amides is 1. The number of rotatable bonds is 9. The number of ether oxygens (including phenoxy) is 3. The van der Waals surface area contributed by atoms with E-state index in [1.165, 1.54) is 12.1 Å². The third kappa shape index (κ3) is 6.14. The first-order valence-electron chi connectivity index (χ1n) is 10.6. The van der Waals surface area contributed by atoms with Crippen LogP contribution in [-0.4, -0.2) is 47.2 Å². The third-order valence-electron chi connectivity index (χ3n) is 5.13. The highest BCUT2D eigenvalue weighted by atomic mass is 32.2. The van der Waals surface area contributed by atoms with Gasteiger partial charge in [0.15, 0.2) is 11.5 Å². The zero-order valence-electron chi connectivity index (χ0n) is 18.6. The number of fused-ring (bicyclic) bond motifs is 1. The van der Waals surface area contributed by atoms with E-state index in [1.54, 1.807) is 27.0 Å². The summed E-state index contributed by atoms with van der Waals surface area (Å²) in [6.45, 7) is 4.95. The lowest BCUT2D eigenvalue weighted by Gasteiger charge is -2.22. The van der Waals surface area contributed by atoms with Crippen molar-refractivity contribution in [3.63, 3.8) is 0 Å². The van der Waals surface area contributed by atoms with Gasteiger partial charge in [0.1, 0.15) is 11.8 Å². The smallest absolute Gasteiger partial charge is 0.241 e. The van der Waals surface area contributed by atoms with Gasteiger partial charge in [0, 0.05) is 19.0 Å². The van der Waals surface area contributed by atoms with Crippen LogP contribution in [0.5, 0.6) is 17.2 Å². The Bertz CT molecular complexity index is 1020. The molecule has 3 rings (SSSR count). The van der Waals surface area contributed by atoms with Gasteiger partial charge in [-0.15, -0.1) is 0 Å². The highest BCUT2D eigenvalue weighted by molar-refractivity contribution is 7.89. The summed E-state index contributed by atoms with van der Waals surface area (Å²) in [7, 11) is -2.33. The minimum atomic E-state index is -3.94. The topological polar surface area (TPSA) is 103 Å². The predicted molar refractivity (Wildman–Crippen MR) is 121 cm³/mol. The van der Waals surface area contributed by atoms with Crippen molar-refractivity contribution in [3.05, 3.63) is 48.0 Å². The minimum absolute atomic E-state index is 0.0263. The van der Waals surface area contributed by atoms with Gasteiger partial charge in [-0.25, -0.2) is 8.42 Å². The van der Waals surface area contributed by atoms with Gasteiger partial charge in [-0.2, -0.15) is 4.72 Å². The van der Waals surface area contributed by atoms with Crippen molar-refractivity contribution in [2.24, 2.45) is 5.92 Å². The standard InChI is InChI=1S/C23H30N2O6S/c1-16(2)22(23(26)24-12-11-17-5-7-18(29-3)8-6-17)25-32(27,28)19-9-10-20-21(15-19)31-14-4-13-30-20/h5-10,15-16,22,25H,4,11-14H2,1-3H3,(H,24,26). The lowest BCUT2D eigenvalue weighted by atomic mass is 10.0. The fraction of sp³-hybridized carbons (Fsp3) is 0.435. The van der Waals surface area contributed by atoms with Crippen molar-refractivity contribution in [2.75, 3.05) is 26.9 Å². The normalized spacial score (nSPS) is 14.5. The summed E-state index contributed by atoms with van der Waals surface area (Å²) >= 11 is 0. The highest BCUT2D eigenvalue weighted by Gasteiger charge is 2.29. The van der Waals surface area contributed by atoms with E-state index in [0.29, 0.717) is 37.7 Å². The highest BCUT2D eigenvalue weighted by Crippen LogP contribution is 2.32. The first kappa shape index (κ1) is 23.9. The number of hydrogen-bond donors (Lipinski definition) is 2. The summed E-state index contributed by atoms with van der Waals surface area (Å²) in [5.74, 6) is 1.05. The summed E-state index contributed by atoms with van der Waals surface area (Å²) in [4.78, 5) is 12.8. The van der Waals surface area contributed by atoms with E-state index < -0.39 is 16.1 Å². The van der Waals surface area contributed by atoms with Gasteiger partial charge in [-0.1, -0.05) is 26.0 Å². The Morgan fingerprint density at radius 3 is 2.41 bits per heavy atom. The van der Waals surface area contributed by atoms with Crippen molar-refractivity contribution < 1.29 is 27.4 Å². The summed E-state index contributed by atoms with van der Waals surface area (Å²) in [5, 5.41) is 2.83. The zero-order chi connectivity index (χ0) is 23.1. The Hall–Kier alpha value is -2.78. The molecule has 1 aliphatic rings. The van der Waals surface area contributed by atoms with E-state index >= 15 is 0 Å². The van der Waals surface area contributed by atoms with Crippen LogP contribution in [0.2, 0.25) is 0 Å². The zero-order valence-corrected chi connectivity index (χ0v) is 19.4. The molecule has 0 aromatic heterocycles. The lowest BCUT2D eigenvalue weighted by molar-refractivity contribution is -0.123.